The lowest BCUT2D eigenvalue weighted by Gasteiger charge is -2.11. The van der Waals surface area contributed by atoms with Crippen molar-refractivity contribution in [3.05, 3.63) is 70.3 Å². The number of benzene rings is 2. The zero-order chi connectivity index (χ0) is 27.4. The molecule has 0 unspecified atom stereocenters. The highest BCUT2D eigenvalue weighted by molar-refractivity contribution is 5.82. The van der Waals surface area contributed by atoms with Crippen LogP contribution in [0.4, 0.5) is 4.79 Å². The highest BCUT2D eigenvalue weighted by Crippen LogP contribution is 2.30. The van der Waals surface area contributed by atoms with Crippen LogP contribution in [-0.4, -0.2) is 52.6 Å². The van der Waals surface area contributed by atoms with Gasteiger partial charge in [0.1, 0.15) is 11.3 Å². The Bertz CT molecular complexity index is 1640. The number of carbonyl (C=O) groups is 1. The van der Waals surface area contributed by atoms with Crippen LogP contribution in [-0.2, 0) is 17.7 Å². The van der Waals surface area contributed by atoms with Crippen molar-refractivity contribution in [3.63, 3.8) is 0 Å². The second kappa shape index (κ2) is 11.3. The van der Waals surface area contributed by atoms with Crippen molar-refractivity contribution in [2.45, 2.75) is 52.7 Å². The first kappa shape index (κ1) is 25.8. The number of aryl methyl sites for hydroxylation is 1. The summed E-state index contributed by atoms with van der Waals surface area (Å²) in [6, 6.07) is 15.9. The molecule has 2 aromatic carbocycles. The lowest BCUT2D eigenvalue weighted by Crippen LogP contribution is -2.19. The van der Waals surface area contributed by atoms with Crippen LogP contribution in [0.5, 0.6) is 5.88 Å². The van der Waals surface area contributed by atoms with Gasteiger partial charge < -0.3 is 14.0 Å². The average molecular weight is 529 g/mol. The summed E-state index contributed by atoms with van der Waals surface area (Å²) in [6.45, 7) is 5.90. The topological polar surface area (TPSA) is 154 Å². The average Bonchev–Trinajstić information content (AvgIpc) is 3.58. The first-order valence-electron chi connectivity index (χ1n) is 12.7. The van der Waals surface area contributed by atoms with Crippen LogP contribution in [0.25, 0.3) is 33.5 Å². The summed E-state index contributed by atoms with van der Waals surface area (Å²) in [7, 11) is 0. The van der Waals surface area contributed by atoms with E-state index in [9.17, 15) is 9.59 Å². The van der Waals surface area contributed by atoms with E-state index >= 15 is 0 Å². The third-order valence-electron chi connectivity index (χ3n) is 6.11. The Labute approximate surface area is 223 Å². The Morgan fingerprint density at radius 1 is 1.05 bits per heavy atom. The molecule has 0 bridgehead atoms. The number of unbranched alkanes of at least 4 members (excludes halogenated alkanes) is 1. The van der Waals surface area contributed by atoms with Gasteiger partial charge in [-0.3, -0.25) is 4.79 Å². The molecule has 2 N–H and O–H groups in total. The van der Waals surface area contributed by atoms with Gasteiger partial charge in [-0.15, -0.1) is 15.3 Å². The molecule has 0 amide bonds. The van der Waals surface area contributed by atoms with Crippen LogP contribution in [0.1, 0.15) is 45.0 Å². The summed E-state index contributed by atoms with van der Waals surface area (Å²) in [5.41, 5.74) is 3.87. The van der Waals surface area contributed by atoms with E-state index in [0.717, 1.165) is 35.1 Å². The highest BCUT2D eigenvalue weighted by Gasteiger charge is 2.22. The first-order chi connectivity index (χ1) is 18.9. The van der Waals surface area contributed by atoms with Crippen LogP contribution >= 0.6 is 0 Å². The van der Waals surface area contributed by atoms with Crippen molar-refractivity contribution in [1.29, 1.82) is 0 Å². The van der Waals surface area contributed by atoms with E-state index < -0.39 is 11.7 Å². The van der Waals surface area contributed by atoms with Crippen molar-refractivity contribution >= 4 is 17.2 Å². The molecule has 0 spiro atoms. The molecular formula is C27H28N8O4. The number of ether oxygens (including phenoxy) is 2. The Morgan fingerprint density at radius 3 is 2.51 bits per heavy atom. The molecule has 3 aromatic heterocycles. The highest BCUT2D eigenvalue weighted by atomic mass is 16.7. The number of carbonyl (C=O) groups excluding carboxylic acids is 1. The van der Waals surface area contributed by atoms with Crippen LogP contribution < -0.4 is 10.3 Å². The van der Waals surface area contributed by atoms with Gasteiger partial charge in [-0.2, -0.15) is 5.21 Å². The number of imidazole rings is 1. The zero-order valence-corrected chi connectivity index (χ0v) is 21.8. The van der Waals surface area contributed by atoms with Crippen LogP contribution in [0, 0.1) is 0 Å². The number of fused-ring (bicyclic) bond motifs is 1. The fourth-order valence-electron chi connectivity index (χ4n) is 4.33. The van der Waals surface area contributed by atoms with Gasteiger partial charge in [-0.05, 0) is 42.2 Å². The number of tetrazole rings is 1. The number of nitrogens with zero attached hydrogens (tertiary/aromatic N) is 6. The minimum atomic E-state index is -0.910. The smallest absolute Gasteiger partial charge is 0.431 e. The lowest BCUT2D eigenvalue weighted by molar-refractivity contribution is 0.0717. The number of rotatable bonds is 9. The van der Waals surface area contributed by atoms with Crippen molar-refractivity contribution in [1.82, 2.24) is 40.4 Å². The number of aromatic nitrogens is 8. The van der Waals surface area contributed by atoms with Crippen molar-refractivity contribution in [2.75, 3.05) is 0 Å². The molecule has 0 saturated heterocycles. The summed E-state index contributed by atoms with van der Waals surface area (Å²) in [4.78, 5) is 29.7. The van der Waals surface area contributed by atoms with Crippen molar-refractivity contribution in [3.8, 4) is 28.4 Å². The number of nitrogens with one attached hydrogen (secondary N) is 2. The Balaban J connectivity index is 1.50. The van der Waals surface area contributed by atoms with E-state index in [0.29, 0.717) is 24.6 Å². The molecule has 200 valence electrons. The van der Waals surface area contributed by atoms with Crippen molar-refractivity contribution < 1.29 is 14.3 Å². The second-order valence-electron chi connectivity index (χ2n) is 9.27. The summed E-state index contributed by atoms with van der Waals surface area (Å²) in [5, 5.41) is 20.7. The largest absolute Gasteiger partial charge is 0.515 e. The summed E-state index contributed by atoms with van der Waals surface area (Å²) < 4.78 is 12.2. The molecule has 0 aliphatic rings. The zero-order valence-electron chi connectivity index (χ0n) is 21.8. The summed E-state index contributed by atoms with van der Waals surface area (Å²) in [6.07, 6.45) is 1.21. The van der Waals surface area contributed by atoms with Gasteiger partial charge in [0.15, 0.2) is 5.52 Å². The molecule has 5 rings (SSSR count). The third kappa shape index (κ3) is 5.54. The molecule has 0 aliphatic carbocycles. The molecule has 0 atom stereocenters. The first-order valence-corrected chi connectivity index (χ1v) is 12.7. The number of H-pyrrole nitrogens is 2. The maximum absolute atomic E-state index is 12.9. The predicted molar refractivity (Wildman–Crippen MR) is 143 cm³/mol. The fourth-order valence-corrected chi connectivity index (χ4v) is 4.33. The Morgan fingerprint density at radius 2 is 1.82 bits per heavy atom. The normalized spacial score (nSPS) is 11.3. The molecule has 0 fully saturated rings. The lowest BCUT2D eigenvalue weighted by atomic mass is 9.98. The Hall–Kier alpha value is -4.87. The quantitative estimate of drug-likeness (QED) is 0.267. The minimum absolute atomic E-state index is 0.0971. The summed E-state index contributed by atoms with van der Waals surface area (Å²) in [5.74, 6) is 1.13. The standard InChI is InChI=1S/C27H28N8O4/c1-4-5-10-21-28-22-23(25(36)31-32-26(22)39-27(37)38-16(2)3)35(21)15-17-11-13-18(14-12-17)19-8-6-7-9-20(19)24-29-33-34-30-24/h6-9,11-14,16H,4-5,10,15H2,1-3H3,(H,31,36)(H,29,30,33,34). The van der Waals surface area contributed by atoms with Gasteiger partial charge in [0, 0.05) is 18.5 Å². The molecule has 39 heavy (non-hydrogen) atoms. The number of hydrogen-bond acceptors (Lipinski definition) is 9. The Kier molecular flexibility index (Phi) is 7.43. The predicted octanol–water partition coefficient (Wildman–Crippen LogP) is 4.28. The number of hydrogen-bond donors (Lipinski definition) is 2. The molecule has 5 aromatic rings. The molecule has 0 radical (unpaired) electrons. The van der Waals surface area contributed by atoms with E-state index in [4.69, 9.17) is 9.47 Å². The molecular weight excluding hydrogens is 500 g/mol. The maximum Gasteiger partial charge on any atom is 0.515 e. The van der Waals surface area contributed by atoms with Gasteiger partial charge >= 0.3 is 6.16 Å². The molecule has 0 aliphatic heterocycles. The molecule has 0 saturated carbocycles. The van der Waals surface area contributed by atoms with Gasteiger partial charge in [-0.25, -0.2) is 14.9 Å². The van der Waals surface area contributed by atoms with Gasteiger partial charge in [0.2, 0.25) is 5.82 Å². The monoisotopic (exact) mass is 528 g/mol. The van der Waals surface area contributed by atoms with E-state index in [1.807, 2.05) is 53.1 Å². The van der Waals surface area contributed by atoms with E-state index in [1.165, 1.54) is 0 Å². The molecule has 12 nitrogen and oxygen atoms in total. The van der Waals surface area contributed by atoms with Gasteiger partial charge in [0.05, 0.1) is 6.10 Å². The van der Waals surface area contributed by atoms with Crippen LogP contribution in [0.15, 0.2) is 53.3 Å². The molecule has 12 heteroatoms. The third-order valence-corrected chi connectivity index (χ3v) is 6.11. The van der Waals surface area contributed by atoms with Crippen molar-refractivity contribution in [2.24, 2.45) is 0 Å². The SMILES string of the molecule is CCCCc1nc2c(OC(=O)OC(C)C)n[nH]c(=O)c2n1Cc1ccc(-c2ccccc2-c2nn[nH]n2)cc1. The van der Waals surface area contributed by atoms with Crippen LogP contribution in [0.2, 0.25) is 0 Å². The van der Waals surface area contributed by atoms with E-state index in [1.54, 1.807) is 13.8 Å². The molecule has 3 heterocycles. The van der Waals surface area contributed by atoms with Gasteiger partial charge in [-0.1, -0.05) is 61.9 Å². The minimum Gasteiger partial charge on any atom is -0.431 e. The maximum atomic E-state index is 12.9. The van der Waals surface area contributed by atoms with Crippen LogP contribution in [0.3, 0.4) is 0 Å². The van der Waals surface area contributed by atoms with E-state index in [-0.39, 0.29) is 23.0 Å². The fraction of sp³-hybridized carbons (Fsp3) is 0.296. The number of aromatic amines is 2. The second-order valence-corrected chi connectivity index (χ2v) is 9.27. The summed E-state index contributed by atoms with van der Waals surface area (Å²) >= 11 is 0. The van der Waals surface area contributed by atoms with Gasteiger partial charge in [0.25, 0.3) is 11.4 Å². The van der Waals surface area contributed by atoms with E-state index in [2.05, 4.69) is 42.7 Å².